The zero-order valence-electron chi connectivity index (χ0n) is 41.8. The molecule has 3 fully saturated rings. The maximum absolute atomic E-state index is 14.7. The predicted octanol–water partition coefficient (Wildman–Crippen LogP) is -6.32. The first-order valence-electron chi connectivity index (χ1n) is 23.5. The molecule has 1 aromatic carbocycles. The Morgan fingerprint density at radius 1 is 0.851 bits per heavy atom. The van der Waals surface area contributed by atoms with Gasteiger partial charge >= 0.3 is 16.5 Å². The minimum absolute atomic E-state index is 0.0669. The Morgan fingerprint density at radius 2 is 1.47 bits per heavy atom. The molecule has 8 amide bonds. The second-order valence-corrected chi connectivity index (χ2v) is 20.9. The van der Waals surface area contributed by atoms with E-state index >= 15 is 0 Å². The monoisotopic (exact) mass is 1080 g/mol. The Labute approximate surface area is 426 Å². The molecule has 4 rings (SSSR count). The van der Waals surface area contributed by atoms with Crippen LogP contribution >= 0.6 is 0 Å². The van der Waals surface area contributed by atoms with E-state index in [0.29, 0.717) is 6.54 Å². The SMILES string of the molecule is C[C@@H](O)C1NC(=O)C(NC(=O)OC(C)(C)C)C[C@@H](O)CNC(=O)[C@@H]2[C@@H](O)[C@@H](C)CN2C(=O)[C@H]([C@H](O)CC(=O)NCCN(C)C)NC(=O)[C@H]([C@H](O)Cc2ccc(O)c(OS(=O)(=O)O)c2)NC(=O)[C@@H]2C[C@@H](O)CN2C1=O. The highest BCUT2D eigenvalue weighted by molar-refractivity contribution is 7.81. The van der Waals surface area contributed by atoms with Gasteiger partial charge in [-0.05, 0) is 59.5 Å². The van der Waals surface area contributed by atoms with Crippen molar-refractivity contribution in [1.82, 2.24) is 46.6 Å². The van der Waals surface area contributed by atoms with E-state index in [-0.39, 0.29) is 12.1 Å². The topological polar surface area (TPSA) is 433 Å². The van der Waals surface area contributed by atoms with E-state index in [1.54, 1.807) is 19.0 Å². The van der Waals surface area contributed by atoms with Gasteiger partial charge in [-0.15, -0.1) is 0 Å². The maximum Gasteiger partial charge on any atom is 0.446 e. The number of fused-ring (bicyclic) bond motifs is 2. The summed E-state index contributed by atoms with van der Waals surface area (Å²) in [6, 6.07) is -8.94. The summed E-state index contributed by atoms with van der Waals surface area (Å²) < 4.78 is 42.0. The molecule has 1 aromatic rings. The van der Waals surface area contributed by atoms with Crippen molar-refractivity contribution in [2.24, 2.45) is 5.92 Å². The van der Waals surface area contributed by atoms with Crippen LogP contribution in [0.15, 0.2) is 18.2 Å². The molecule has 13 atom stereocenters. The average Bonchev–Trinajstić information content (AvgIpc) is 3.82. The largest absolute Gasteiger partial charge is 0.504 e. The van der Waals surface area contributed by atoms with Crippen LogP contribution in [0.4, 0.5) is 4.79 Å². The number of hydrogen-bond acceptors (Lipinski definition) is 20. The molecule has 0 bridgehead atoms. The number of carbonyl (C=O) groups is 8. The first kappa shape index (κ1) is 60.6. The summed E-state index contributed by atoms with van der Waals surface area (Å²) in [6.45, 7) is 5.75. The quantitative estimate of drug-likeness (QED) is 0.0817. The van der Waals surface area contributed by atoms with E-state index in [1.165, 1.54) is 27.7 Å². The molecule has 3 saturated heterocycles. The zero-order valence-corrected chi connectivity index (χ0v) is 42.6. The summed E-state index contributed by atoms with van der Waals surface area (Å²) in [5, 5.41) is 91.9. The standard InChI is InChI=1S/C44H69N9O20S/c1-20-18-53-35(36(20)61)40(65)46-17-23(55)14-25(47-43(68)72-44(3,4)5)37(62)48-32(21(2)54)41(66)52-19-24(56)15-26(52)38(63)49-33(28(58)12-22-8-9-27(57)30(13-22)73-74(69,70)71)39(64)50-34(42(53)67)29(59)16-31(60)45-10-11-51(6)7/h8-9,13,20-21,23-26,28-29,32-36,54-59,61H,10-12,14-19H2,1-7H3,(H,45,60)(H,46,65)(H,47,68)(H,48,62)(H,49,63)(H,50,64)(H,69,70,71)/t20-,21+,23+,24+,25?,26-,28+,29+,32?,33-,34-,35-,36-/m0/s1. The number of rotatable bonds is 13. The summed E-state index contributed by atoms with van der Waals surface area (Å²) in [5.74, 6) is -10.9. The van der Waals surface area contributed by atoms with Gasteiger partial charge in [0.25, 0.3) is 0 Å². The number of carbonyl (C=O) groups excluding carboxylic acids is 8. The Balaban J connectivity index is 1.88. The Morgan fingerprint density at radius 3 is 2.08 bits per heavy atom. The van der Waals surface area contributed by atoms with Crippen molar-refractivity contribution in [3.05, 3.63) is 23.8 Å². The van der Waals surface area contributed by atoms with Gasteiger partial charge in [0.2, 0.25) is 41.4 Å². The van der Waals surface area contributed by atoms with Crippen molar-refractivity contribution in [3.63, 3.8) is 0 Å². The van der Waals surface area contributed by atoms with Crippen LogP contribution in [0.25, 0.3) is 0 Å². The number of phenolic OH excluding ortho intramolecular Hbond substituents is 1. The van der Waals surface area contributed by atoms with E-state index in [1.807, 2.05) is 0 Å². The summed E-state index contributed by atoms with van der Waals surface area (Å²) in [7, 11) is -1.79. The van der Waals surface area contributed by atoms with Crippen LogP contribution < -0.4 is 36.1 Å². The number of alkyl carbamates (subject to hydrolysis) is 1. The van der Waals surface area contributed by atoms with Gasteiger partial charge in [-0.2, -0.15) is 8.42 Å². The average molecular weight is 1080 g/mol. The molecule has 0 spiro atoms. The number of ether oxygens (including phenoxy) is 1. The lowest BCUT2D eigenvalue weighted by molar-refractivity contribution is -0.147. The van der Waals surface area contributed by atoms with Crippen LogP contribution in [0.2, 0.25) is 0 Å². The number of phenols is 1. The number of likely N-dealkylation sites (N-methyl/N-ethyl adjacent to an activating group) is 1. The molecule has 3 aliphatic heterocycles. The second kappa shape index (κ2) is 25.5. The minimum Gasteiger partial charge on any atom is -0.504 e. The number of aliphatic hydroxyl groups is 6. The van der Waals surface area contributed by atoms with Crippen LogP contribution in [-0.4, -0.2) is 236 Å². The highest BCUT2D eigenvalue weighted by atomic mass is 32.3. The number of aliphatic hydroxyl groups excluding tert-OH is 6. The zero-order chi connectivity index (χ0) is 55.7. The fourth-order valence-electron chi connectivity index (χ4n) is 8.39. The molecule has 2 unspecified atom stereocenters. The van der Waals surface area contributed by atoms with Crippen LogP contribution in [0.3, 0.4) is 0 Å². The normalized spacial score (nSPS) is 28.3. The van der Waals surface area contributed by atoms with E-state index in [4.69, 9.17) is 4.74 Å². The Kier molecular flexibility index (Phi) is 20.9. The fraction of sp³-hybridized carbons (Fsp3) is 0.682. The lowest BCUT2D eigenvalue weighted by atomic mass is 9.98. The third-order valence-electron chi connectivity index (χ3n) is 12.1. The molecular weight excluding hydrogens is 1010 g/mol. The van der Waals surface area contributed by atoms with Crippen LogP contribution in [-0.2, 0) is 55.1 Å². The molecule has 74 heavy (non-hydrogen) atoms. The van der Waals surface area contributed by atoms with Gasteiger partial charge in [0.05, 0.1) is 43.0 Å². The van der Waals surface area contributed by atoms with Crippen LogP contribution in [0.1, 0.15) is 59.4 Å². The summed E-state index contributed by atoms with van der Waals surface area (Å²) in [4.78, 5) is 115. The van der Waals surface area contributed by atoms with Crippen molar-refractivity contribution in [2.75, 3.05) is 46.8 Å². The fourth-order valence-corrected chi connectivity index (χ4v) is 8.75. The van der Waals surface area contributed by atoms with Crippen molar-refractivity contribution >= 4 is 57.8 Å². The van der Waals surface area contributed by atoms with Gasteiger partial charge < -0.3 is 91.3 Å². The molecule has 30 heteroatoms. The van der Waals surface area contributed by atoms with E-state index < -0.39 is 199 Å². The van der Waals surface area contributed by atoms with Gasteiger partial charge in [-0.25, -0.2) is 4.79 Å². The second-order valence-electron chi connectivity index (χ2n) is 19.8. The number of aromatic hydroxyl groups is 1. The third-order valence-corrected chi connectivity index (χ3v) is 12.5. The Hall–Kier alpha value is -5.99. The van der Waals surface area contributed by atoms with E-state index in [0.717, 1.165) is 34.9 Å². The minimum atomic E-state index is -5.22. The van der Waals surface area contributed by atoms with Crippen molar-refractivity contribution in [1.29, 1.82) is 0 Å². The molecule has 3 aliphatic rings. The summed E-state index contributed by atoms with van der Waals surface area (Å²) in [5.41, 5.74) is -1.23. The highest BCUT2D eigenvalue weighted by Gasteiger charge is 2.50. The van der Waals surface area contributed by atoms with Crippen LogP contribution in [0, 0.1) is 5.92 Å². The van der Waals surface area contributed by atoms with Gasteiger partial charge in [0.1, 0.15) is 41.9 Å². The Bertz CT molecular complexity index is 2340. The highest BCUT2D eigenvalue weighted by Crippen LogP contribution is 2.30. The summed E-state index contributed by atoms with van der Waals surface area (Å²) in [6.07, 6.45) is -14.9. The van der Waals surface area contributed by atoms with Gasteiger partial charge in [0.15, 0.2) is 11.5 Å². The smallest absolute Gasteiger partial charge is 0.446 e. The number of β-amino-alcohol motifs (C(OH)–C–C–N with tert-alkyl or cyclic N) is 1. The number of benzene rings is 1. The molecule has 3 heterocycles. The van der Waals surface area contributed by atoms with Gasteiger partial charge in [0, 0.05) is 57.9 Å². The predicted molar refractivity (Wildman–Crippen MR) is 253 cm³/mol. The number of hydrogen-bond donors (Lipinski definition) is 14. The maximum atomic E-state index is 14.7. The molecular formula is C44H69N9O20S. The molecule has 0 aromatic heterocycles. The number of nitrogens with zero attached hydrogens (tertiary/aromatic N) is 3. The first-order chi connectivity index (χ1) is 34.3. The lowest BCUT2D eigenvalue weighted by Gasteiger charge is -2.34. The molecule has 29 nitrogen and oxygen atoms in total. The van der Waals surface area contributed by atoms with Crippen molar-refractivity contribution in [2.45, 2.75) is 139 Å². The van der Waals surface area contributed by atoms with Gasteiger partial charge in [-0.1, -0.05) is 13.0 Å². The van der Waals surface area contributed by atoms with Crippen LogP contribution in [0.5, 0.6) is 11.5 Å². The lowest BCUT2D eigenvalue weighted by Crippen LogP contribution is -2.64. The first-order valence-corrected chi connectivity index (χ1v) is 24.9. The van der Waals surface area contributed by atoms with Gasteiger partial charge in [-0.3, -0.25) is 38.1 Å². The number of nitrogens with one attached hydrogen (secondary N) is 6. The molecule has 0 saturated carbocycles. The van der Waals surface area contributed by atoms with Crippen molar-refractivity contribution in [3.8, 4) is 11.5 Å². The van der Waals surface area contributed by atoms with E-state index in [9.17, 15) is 87.1 Å². The molecule has 0 aliphatic carbocycles. The third kappa shape index (κ3) is 17.0. The summed E-state index contributed by atoms with van der Waals surface area (Å²) >= 11 is 0. The molecule has 416 valence electrons. The molecule has 14 N–H and O–H groups in total. The molecule has 0 radical (unpaired) electrons. The van der Waals surface area contributed by atoms with E-state index in [2.05, 4.69) is 36.1 Å². The number of amides is 8. The van der Waals surface area contributed by atoms with Crippen molar-refractivity contribution < 1.29 is 96.0 Å².